The van der Waals surface area contributed by atoms with E-state index in [0.29, 0.717) is 23.3 Å². The van der Waals surface area contributed by atoms with E-state index in [2.05, 4.69) is 5.32 Å². The summed E-state index contributed by atoms with van der Waals surface area (Å²) in [4.78, 5) is 22.8. The normalized spacial score (nSPS) is 12.4. The lowest BCUT2D eigenvalue weighted by Crippen LogP contribution is -2.19. The van der Waals surface area contributed by atoms with Crippen molar-refractivity contribution in [3.05, 3.63) is 63.7 Å². The lowest BCUT2D eigenvalue weighted by molar-refractivity contribution is 0.0691. The fourth-order valence-electron chi connectivity index (χ4n) is 2.91. The number of fused-ring (bicyclic) bond motifs is 1. The molecule has 25 heavy (non-hydrogen) atoms. The van der Waals surface area contributed by atoms with Crippen molar-refractivity contribution in [3.63, 3.8) is 0 Å². The summed E-state index contributed by atoms with van der Waals surface area (Å²) in [6.07, 6.45) is 0.451. The number of carbonyl (C=O) groups is 2. The Bertz CT molecular complexity index is 880. The molecular weight excluding hydrogens is 332 g/mol. The van der Waals surface area contributed by atoms with Gasteiger partial charge in [-0.1, -0.05) is 6.07 Å². The van der Waals surface area contributed by atoms with Gasteiger partial charge < -0.3 is 15.2 Å². The first-order chi connectivity index (χ1) is 11.9. The molecule has 3 rings (SSSR count). The SMILES string of the molecule is CNC(=O)c1ccc(Cc2cc(C(=O)O)c(F)c3c2OCC3)cc1F. The van der Waals surface area contributed by atoms with Crippen LogP contribution < -0.4 is 10.1 Å². The zero-order chi connectivity index (χ0) is 18.1. The molecule has 2 aromatic carbocycles. The number of carboxylic acid groups (broad SMARTS) is 1. The second-order valence-corrected chi connectivity index (χ2v) is 5.68. The Morgan fingerprint density at radius 3 is 2.64 bits per heavy atom. The topological polar surface area (TPSA) is 75.6 Å². The Balaban J connectivity index is 2.00. The quantitative estimate of drug-likeness (QED) is 0.891. The Labute approximate surface area is 142 Å². The van der Waals surface area contributed by atoms with Crippen molar-refractivity contribution in [2.75, 3.05) is 13.7 Å². The van der Waals surface area contributed by atoms with Crippen molar-refractivity contribution >= 4 is 11.9 Å². The number of benzene rings is 2. The molecule has 1 heterocycles. The molecule has 1 amide bonds. The van der Waals surface area contributed by atoms with E-state index in [-0.39, 0.29) is 24.2 Å². The molecule has 1 aliphatic heterocycles. The summed E-state index contributed by atoms with van der Waals surface area (Å²) in [7, 11) is 1.41. The Morgan fingerprint density at radius 2 is 2.00 bits per heavy atom. The van der Waals surface area contributed by atoms with Gasteiger partial charge in [-0.3, -0.25) is 4.79 Å². The molecule has 0 bridgehead atoms. The second-order valence-electron chi connectivity index (χ2n) is 5.68. The molecule has 0 atom stereocenters. The molecule has 0 saturated carbocycles. The van der Waals surface area contributed by atoms with Gasteiger partial charge in [-0.2, -0.15) is 0 Å². The average molecular weight is 347 g/mol. The lowest BCUT2D eigenvalue weighted by atomic mass is 9.96. The van der Waals surface area contributed by atoms with E-state index in [1.165, 1.54) is 25.2 Å². The van der Waals surface area contributed by atoms with E-state index in [9.17, 15) is 23.5 Å². The Hall–Kier alpha value is -2.96. The predicted octanol–water partition coefficient (Wildman–Crippen LogP) is 2.55. The van der Waals surface area contributed by atoms with Crippen LogP contribution in [0.3, 0.4) is 0 Å². The molecule has 0 spiro atoms. The number of carboxylic acids is 1. The van der Waals surface area contributed by atoms with Gasteiger partial charge in [0.15, 0.2) is 0 Å². The van der Waals surface area contributed by atoms with Crippen molar-refractivity contribution < 1.29 is 28.2 Å². The van der Waals surface area contributed by atoms with Crippen LogP contribution in [0.1, 0.15) is 37.4 Å². The number of halogens is 2. The van der Waals surface area contributed by atoms with Crippen LogP contribution in [0, 0.1) is 11.6 Å². The molecule has 5 nitrogen and oxygen atoms in total. The minimum atomic E-state index is -1.37. The maximum absolute atomic E-state index is 14.2. The average Bonchev–Trinajstić information content (AvgIpc) is 3.07. The molecule has 0 radical (unpaired) electrons. The highest BCUT2D eigenvalue weighted by atomic mass is 19.1. The molecular formula is C18H15F2NO4. The minimum Gasteiger partial charge on any atom is -0.493 e. The van der Waals surface area contributed by atoms with Crippen molar-refractivity contribution in [2.45, 2.75) is 12.8 Å². The first-order valence-corrected chi connectivity index (χ1v) is 7.63. The number of hydrogen-bond donors (Lipinski definition) is 2. The van der Waals surface area contributed by atoms with Crippen LogP contribution in [0.2, 0.25) is 0 Å². The highest BCUT2D eigenvalue weighted by Crippen LogP contribution is 2.35. The van der Waals surface area contributed by atoms with E-state index in [1.807, 2.05) is 0 Å². The monoisotopic (exact) mass is 347 g/mol. The van der Waals surface area contributed by atoms with E-state index in [1.54, 1.807) is 6.07 Å². The predicted molar refractivity (Wildman–Crippen MR) is 85.2 cm³/mol. The van der Waals surface area contributed by atoms with E-state index in [0.717, 1.165) is 0 Å². The number of nitrogens with one attached hydrogen (secondary N) is 1. The first kappa shape index (κ1) is 16.9. The van der Waals surface area contributed by atoms with Gasteiger partial charge in [0.25, 0.3) is 5.91 Å². The van der Waals surface area contributed by atoms with E-state index in [4.69, 9.17) is 4.74 Å². The van der Waals surface area contributed by atoms with Crippen LogP contribution >= 0.6 is 0 Å². The summed E-state index contributed by atoms with van der Waals surface area (Å²) in [5.41, 5.74) is 0.710. The molecule has 0 fully saturated rings. The standard InChI is InChI=1S/C18H15F2NO4/c1-21-17(22)11-3-2-9(7-14(11)19)6-10-8-13(18(23)24)15(20)12-4-5-25-16(10)12/h2-3,7-8H,4-6H2,1H3,(H,21,22)(H,23,24). The Morgan fingerprint density at radius 1 is 1.24 bits per heavy atom. The smallest absolute Gasteiger partial charge is 0.338 e. The van der Waals surface area contributed by atoms with Crippen LogP contribution in [0.5, 0.6) is 5.75 Å². The van der Waals surface area contributed by atoms with Gasteiger partial charge in [-0.15, -0.1) is 0 Å². The first-order valence-electron chi connectivity index (χ1n) is 7.63. The second kappa shape index (κ2) is 6.51. The molecule has 2 aromatic rings. The Kier molecular flexibility index (Phi) is 4.39. The van der Waals surface area contributed by atoms with Crippen molar-refractivity contribution in [1.82, 2.24) is 5.32 Å². The fraction of sp³-hybridized carbons (Fsp3) is 0.222. The summed E-state index contributed by atoms with van der Waals surface area (Å²) in [5, 5.41) is 11.5. The minimum absolute atomic E-state index is 0.0851. The van der Waals surface area contributed by atoms with E-state index < -0.39 is 29.1 Å². The lowest BCUT2D eigenvalue weighted by Gasteiger charge is -2.12. The maximum Gasteiger partial charge on any atom is 0.338 e. The summed E-state index contributed by atoms with van der Waals surface area (Å²) in [5.74, 6) is -3.06. The van der Waals surface area contributed by atoms with Crippen molar-refractivity contribution in [1.29, 1.82) is 0 Å². The van der Waals surface area contributed by atoms with Gasteiger partial charge in [-0.05, 0) is 29.3 Å². The van der Waals surface area contributed by atoms with Crippen LogP contribution in [-0.2, 0) is 12.8 Å². The van der Waals surface area contributed by atoms with Gasteiger partial charge >= 0.3 is 5.97 Å². The van der Waals surface area contributed by atoms with Crippen LogP contribution in [0.15, 0.2) is 24.3 Å². The summed E-state index contributed by atoms with van der Waals surface area (Å²) < 4.78 is 33.7. The summed E-state index contributed by atoms with van der Waals surface area (Å²) >= 11 is 0. The van der Waals surface area contributed by atoms with Gasteiger partial charge in [0.05, 0.1) is 17.7 Å². The van der Waals surface area contributed by atoms with E-state index >= 15 is 0 Å². The molecule has 0 saturated heterocycles. The number of rotatable bonds is 4. The van der Waals surface area contributed by atoms with Gasteiger partial charge in [0.1, 0.15) is 17.4 Å². The molecule has 7 heteroatoms. The van der Waals surface area contributed by atoms with Gasteiger partial charge in [-0.25, -0.2) is 13.6 Å². The van der Waals surface area contributed by atoms with Crippen molar-refractivity contribution in [3.8, 4) is 5.75 Å². The molecule has 0 aliphatic carbocycles. The molecule has 130 valence electrons. The molecule has 2 N–H and O–H groups in total. The highest BCUT2D eigenvalue weighted by Gasteiger charge is 2.26. The molecule has 0 unspecified atom stereocenters. The molecule has 1 aliphatic rings. The number of amides is 1. The van der Waals surface area contributed by atoms with Gasteiger partial charge in [0.2, 0.25) is 0 Å². The third-order valence-electron chi connectivity index (χ3n) is 4.11. The van der Waals surface area contributed by atoms with Gasteiger partial charge in [0, 0.05) is 25.5 Å². The van der Waals surface area contributed by atoms with Crippen LogP contribution in [0.4, 0.5) is 8.78 Å². The summed E-state index contributed by atoms with van der Waals surface area (Å²) in [6.45, 7) is 0.270. The number of hydrogen-bond acceptors (Lipinski definition) is 3. The zero-order valence-electron chi connectivity index (χ0n) is 13.4. The van der Waals surface area contributed by atoms with Crippen molar-refractivity contribution in [2.24, 2.45) is 0 Å². The third-order valence-corrected chi connectivity index (χ3v) is 4.11. The fourth-order valence-corrected chi connectivity index (χ4v) is 2.91. The largest absolute Gasteiger partial charge is 0.493 e. The number of carbonyl (C=O) groups excluding carboxylic acids is 1. The third kappa shape index (κ3) is 3.05. The summed E-state index contributed by atoms with van der Waals surface area (Å²) in [6, 6.07) is 5.34. The van der Waals surface area contributed by atoms with Crippen LogP contribution in [-0.4, -0.2) is 30.6 Å². The van der Waals surface area contributed by atoms with Crippen LogP contribution in [0.25, 0.3) is 0 Å². The number of aromatic carboxylic acids is 1. The highest BCUT2D eigenvalue weighted by molar-refractivity contribution is 5.94. The maximum atomic E-state index is 14.2. The number of ether oxygens (including phenoxy) is 1. The molecule has 0 aromatic heterocycles. The zero-order valence-corrected chi connectivity index (χ0v) is 13.4.